The summed E-state index contributed by atoms with van der Waals surface area (Å²) in [6.45, 7) is 5.24. The molecule has 5 heteroatoms. The smallest absolute Gasteiger partial charge is 0.260 e. The van der Waals surface area contributed by atoms with E-state index in [4.69, 9.17) is 9.15 Å². The van der Waals surface area contributed by atoms with Gasteiger partial charge in [0.1, 0.15) is 16.9 Å². The third-order valence-electron chi connectivity index (χ3n) is 5.71. The minimum Gasteiger partial charge on any atom is -0.484 e. The summed E-state index contributed by atoms with van der Waals surface area (Å²) in [6.07, 6.45) is 0. The Labute approximate surface area is 175 Å². The maximum absolute atomic E-state index is 12.7. The molecular weight excluding hydrogens is 376 g/mol. The van der Waals surface area contributed by atoms with Gasteiger partial charge in [-0.05, 0) is 48.9 Å². The van der Waals surface area contributed by atoms with Gasteiger partial charge in [0.25, 0.3) is 5.91 Å². The zero-order valence-electron chi connectivity index (χ0n) is 17.0. The summed E-state index contributed by atoms with van der Waals surface area (Å²) >= 11 is 0. The Morgan fingerprint density at radius 1 is 0.900 bits per heavy atom. The van der Waals surface area contributed by atoms with E-state index in [0.29, 0.717) is 18.8 Å². The van der Waals surface area contributed by atoms with Gasteiger partial charge in [-0.2, -0.15) is 0 Å². The van der Waals surface area contributed by atoms with Crippen molar-refractivity contribution in [3.05, 3.63) is 72.3 Å². The molecule has 0 unspecified atom stereocenters. The lowest BCUT2D eigenvalue weighted by Gasteiger charge is -2.36. The average molecular weight is 400 g/mol. The van der Waals surface area contributed by atoms with Crippen molar-refractivity contribution >= 4 is 33.5 Å². The average Bonchev–Trinajstić information content (AvgIpc) is 3.15. The topological polar surface area (TPSA) is 45.9 Å². The first-order valence-electron chi connectivity index (χ1n) is 10.3. The normalized spacial score (nSPS) is 14.4. The number of piperazine rings is 1. The number of ether oxygens (including phenoxy) is 1. The summed E-state index contributed by atoms with van der Waals surface area (Å²) < 4.78 is 11.7. The van der Waals surface area contributed by atoms with Crippen molar-refractivity contribution in [3.63, 3.8) is 0 Å². The molecule has 2 heterocycles. The number of para-hydroxylation sites is 1. The van der Waals surface area contributed by atoms with E-state index in [2.05, 4.69) is 36.1 Å². The van der Waals surface area contributed by atoms with Crippen LogP contribution in [0.1, 0.15) is 5.56 Å². The van der Waals surface area contributed by atoms with Crippen LogP contribution in [0.3, 0.4) is 0 Å². The van der Waals surface area contributed by atoms with E-state index in [0.717, 1.165) is 35.0 Å². The van der Waals surface area contributed by atoms with Gasteiger partial charge in [-0.25, -0.2) is 0 Å². The van der Waals surface area contributed by atoms with Crippen LogP contribution < -0.4 is 9.64 Å². The number of hydrogen-bond donors (Lipinski definition) is 0. The molecule has 152 valence electrons. The standard InChI is InChI=1S/C25H24N2O3/c1-18-5-4-6-19(15-18)26-11-13-27(14-12-26)25(28)17-29-20-9-10-24-22(16-20)21-7-2-3-8-23(21)30-24/h2-10,15-16H,11-14,17H2,1H3. The quantitative estimate of drug-likeness (QED) is 0.501. The molecule has 0 atom stereocenters. The van der Waals surface area contributed by atoms with Crippen molar-refractivity contribution in [2.75, 3.05) is 37.7 Å². The maximum Gasteiger partial charge on any atom is 0.260 e. The minimum atomic E-state index is 0.0241. The first kappa shape index (κ1) is 18.6. The Balaban J connectivity index is 1.21. The van der Waals surface area contributed by atoms with Gasteiger partial charge in [0, 0.05) is 42.6 Å². The first-order chi connectivity index (χ1) is 14.7. The zero-order valence-corrected chi connectivity index (χ0v) is 17.0. The molecule has 0 saturated carbocycles. The van der Waals surface area contributed by atoms with Gasteiger partial charge in [0.15, 0.2) is 6.61 Å². The van der Waals surface area contributed by atoms with E-state index in [1.54, 1.807) is 0 Å². The van der Waals surface area contributed by atoms with Crippen LogP contribution in [0.4, 0.5) is 5.69 Å². The number of anilines is 1. The fourth-order valence-corrected chi connectivity index (χ4v) is 4.07. The summed E-state index contributed by atoms with van der Waals surface area (Å²) in [4.78, 5) is 16.9. The molecule has 1 aliphatic heterocycles. The van der Waals surface area contributed by atoms with E-state index >= 15 is 0 Å². The molecule has 1 amide bonds. The monoisotopic (exact) mass is 400 g/mol. The van der Waals surface area contributed by atoms with Gasteiger partial charge >= 0.3 is 0 Å². The number of carbonyl (C=O) groups excluding carboxylic acids is 1. The Morgan fingerprint density at radius 3 is 2.53 bits per heavy atom. The van der Waals surface area contributed by atoms with Crippen LogP contribution >= 0.6 is 0 Å². The van der Waals surface area contributed by atoms with Gasteiger partial charge in [0.2, 0.25) is 0 Å². The molecule has 0 spiro atoms. The van der Waals surface area contributed by atoms with Crippen LogP contribution in [0.2, 0.25) is 0 Å². The third-order valence-corrected chi connectivity index (χ3v) is 5.71. The molecule has 1 fully saturated rings. The number of aryl methyl sites for hydroxylation is 1. The second-order valence-corrected chi connectivity index (χ2v) is 7.75. The number of fused-ring (bicyclic) bond motifs is 3. The molecule has 3 aromatic carbocycles. The number of carbonyl (C=O) groups is 1. The molecule has 0 radical (unpaired) electrons. The molecule has 0 N–H and O–H groups in total. The molecule has 1 aliphatic rings. The van der Waals surface area contributed by atoms with Gasteiger partial charge in [0.05, 0.1) is 0 Å². The second kappa shape index (κ2) is 7.75. The highest BCUT2D eigenvalue weighted by Crippen LogP contribution is 2.31. The fourth-order valence-electron chi connectivity index (χ4n) is 4.07. The number of nitrogens with zero attached hydrogens (tertiary/aromatic N) is 2. The molecule has 4 aromatic rings. The van der Waals surface area contributed by atoms with Crippen molar-refractivity contribution in [2.45, 2.75) is 6.92 Å². The second-order valence-electron chi connectivity index (χ2n) is 7.75. The molecule has 5 rings (SSSR count). The van der Waals surface area contributed by atoms with Gasteiger partial charge in [-0.1, -0.05) is 30.3 Å². The molecule has 0 bridgehead atoms. The van der Waals surface area contributed by atoms with Crippen molar-refractivity contribution in [1.82, 2.24) is 4.90 Å². The molecule has 1 saturated heterocycles. The number of benzene rings is 3. The van der Waals surface area contributed by atoms with Gasteiger partial charge in [-0.3, -0.25) is 4.79 Å². The summed E-state index contributed by atoms with van der Waals surface area (Å²) in [5.74, 6) is 0.705. The molecule has 1 aromatic heterocycles. The van der Waals surface area contributed by atoms with Crippen molar-refractivity contribution < 1.29 is 13.9 Å². The Bertz CT molecular complexity index is 1210. The van der Waals surface area contributed by atoms with E-state index in [1.807, 2.05) is 47.4 Å². The summed E-state index contributed by atoms with van der Waals surface area (Å²) in [5, 5.41) is 2.05. The van der Waals surface area contributed by atoms with E-state index in [-0.39, 0.29) is 12.5 Å². The van der Waals surface area contributed by atoms with Crippen LogP contribution in [0.5, 0.6) is 5.75 Å². The summed E-state index contributed by atoms with van der Waals surface area (Å²) in [5.41, 5.74) is 4.15. The number of hydrogen-bond acceptors (Lipinski definition) is 4. The Kier molecular flexibility index (Phi) is 4.79. The summed E-state index contributed by atoms with van der Waals surface area (Å²) in [7, 11) is 0. The van der Waals surface area contributed by atoms with E-state index in [9.17, 15) is 4.79 Å². The van der Waals surface area contributed by atoms with Crippen LogP contribution in [0.25, 0.3) is 21.9 Å². The Hall–Kier alpha value is -3.47. The lowest BCUT2D eigenvalue weighted by molar-refractivity contribution is -0.133. The van der Waals surface area contributed by atoms with Crippen LogP contribution in [-0.4, -0.2) is 43.6 Å². The molecule has 30 heavy (non-hydrogen) atoms. The van der Waals surface area contributed by atoms with E-state index in [1.165, 1.54) is 11.3 Å². The highest BCUT2D eigenvalue weighted by Gasteiger charge is 2.21. The Morgan fingerprint density at radius 2 is 1.70 bits per heavy atom. The van der Waals surface area contributed by atoms with Crippen molar-refractivity contribution in [1.29, 1.82) is 0 Å². The first-order valence-corrected chi connectivity index (χ1v) is 10.3. The lowest BCUT2D eigenvalue weighted by atomic mass is 10.1. The fraction of sp³-hybridized carbons (Fsp3) is 0.240. The van der Waals surface area contributed by atoms with Gasteiger partial charge in [-0.15, -0.1) is 0 Å². The molecule has 0 aliphatic carbocycles. The lowest BCUT2D eigenvalue weighted by Crippen LogP contribution is -2.50. The molecule has 5 nitrogen and oxygen atoms in total. The van der Waals surface area contributed by atoms with Crippen LogP contribution in [-0.2, 0) is 4.79 Å². The highest BCUT2D eigenvalue weighted by atomic mass is 16.5. The third kappa shape index (κ3) is 3.59. The highest BCUT2D eigenvalue weighted by molar-refractivity contribution is 6.05. The van der Waals surface area contributed by atoms with Crippen molar-refractivity contribution in [3.8, 4) is 5.75 Å². The molecular formula is C25H24N2O3. The number of amides is 1. The van der Waals surface area contributed by atoms with Crippen molar-refractivity contribution in [2.24, 2.45) is 0 Å². The number of furan rings is 1. The summed E-state index contributed by atoms with van der Waals surface area (Å²) in [6, 6.07) is 22.1. The predicted molar refractivity (Wildman–Crippen MR) is 119 cm³/mol. The number of rotatable bonds is 4. The van der Waals surface area contributed by atoms with E-state index < -0.39 is 0 Å². The maximum atomic E-state index is 12.7. The van der Waals surface area contributed by atoms with Gasteiger partial charge < -0.3 is 19.0 Å². The predicted octanol–water partition coefficient (Wildman–Crippen LogP) is 4.62. The van der Waals surface area contributed by atoms with Crippen LogP contribution in [0, 0.1) is 6.92 Å². The van der Waals surface area contributed by atoms with Crippen LogP contribution in [0.15, 0.2) is 71.1 Å². The largest absolute Gasteiger partial charge is 0.484 e. The minimum absolute atomic E-state index is 0.0241. The SMILES string of the molecule is Cc1cccc(N2CCN(C(=O)COc3ccc4oc5ccccc5c4c3)CC2)c1. The zero-order chi connectivity index (χ0) is 20.5.